The molecule has 3 rings (SSSR count). The largest absolute Gasteiger partial charge is 0.491 e. The van der Waals surface area contributed by atoms with E-state index in [0.717, 1.165) is 29.7 Å². The van der Waals surface area contributed by atoms with Crippen LogP contribution in [-0.4, -0.2) is 48.5 Å². The highest BCUT2D eigenvalue weighted by Gasteiger charge is 2.35. The highest BCUT2D eigenvalue weighted by atomic mass is 32.2. The second kappa shape index (κ2) is 7.19. The van der Waals surface area contributed by atoms with E-state index >= 15 is 0 Å². The number of hydrogen-bond acceptors (Lipinski definition) is 4. The maximum absolute atomic E-state index is 12.5. The summed E-state index contributed by atoms with van der Waals surface area (Å²) >= 11 is 0. The average molecular weight is 381 g/mol. The van der Waals surface area contributed by atoms with Crippen LogP contribution < -0.4 is 4.74 Å². The molecule has 1 aromatic carbocycles. The fourth-order valence-corrected chi connectivity index (χ4v) is 4.46. The van der Waals surface area contributed by atoms with Crippen LogP contribution in [0.3, 0.4) is 0 Å². The molecule has 0 saturated heterocycles. The summed E-state index contributed by atoms with van der Waals surface area (Å²) in [6.07, 6.45) is 3.12. The van der Waals surface area contributed by atoms with Crippen molar-refractivity contribution in [3.8, 4) is 5.75 Å². The minimum atomic E-state index is -3.24. The summed E-state index contributed by atoms with van der Waals surface area (Å²) in [4.78, 5) is 14.4. The Morgan fingerprint density at radius 3 is 2.62 bits per heavy atom. The number of amides is 1. The number of ether oxygens (including phenoxy) is 1. The number of carbonyl (C=O) groups is 1. The molecule has 0 radical (unpaired) electrons. The maximum atomic E-state index is 12.5. The summed E-state index contributed by atoms with van der Waals surface area (Å²) < 4.78 is 31.6. The van der Waals surface area contributed by atoms with Gasteiger partial charge in [0.15, 0.2) is 0 Å². The Morgan fingerprint density at radius 1 is 1.35 bits per heavy atom. The van der Waals surface area contributed by atoms with Crippen molar-refractivity contribution in [3.05, 3.63) is 29.3 Å². The lowest BCUT2D eigenvalue weighted by atomic mass is 10.1. The van der Waals surface area contributed by atoms with Crippen LogP contribution in [0.4, 0.5) is 0 Å². The fourth-order valence-electron chi connectivity index (χ4n) is 3.32. The van der Waals surface area contributed by atoms with Gasteiger partial charge in [0.1, 0.15) is 12.4 Å². The van der Waals surface area contributed by atoms with E-state index in [1.54, 1.807) is 4.31 Å². The molecule has 0 aromatic heterocycles. The lowest BCUT2D eigenvalue weighted by Gasteiger charge is -2.28. The highest BCUT2D eigenvalue weighted by molar-refractivity contribution is 7.88. The minimum absolute atomic E-state index is 0.000248. The van der Waals surface area contributed by atoms with Gasteiger partial charge in [0.2, 0.25) is 15.9 Å². The molecular formula is C19H28N2O4S. The van der Waals surface area contributed by atoms with Gasteiger partial charge in [-0.25, -0.2) is 8.42 Å². The summed E-state index contributed by atoms with van der Waals surface area (Å²) in [5.41, 5.74) is 1.86. The molecule has 1 fully saturated rings. The van der Waals surface area contributed by atoms with Gasteiger partial charge in [-0.1, -0.05) is 19.9 Å². The van der Waals surface area contributed by atoms with E-state index in [1.165, 1.54) is 6.26 Å². The number of hydrogen-bond donors (Lipinski definition) is 0. The molecule has 1 aliphatic carbocycles. The molecule has 1 atom stereocenters. The third-order valence-electron chi connectivity index (χ3n) is 4.97. The first-order chi connectivity index (χ1) is 12.2. The molecule has 0 N–H and O–H groups in total. The smallest absolute Gasteiger partial charge is 0.225 e. The van der Waals surface area contributed by atoms with Crippen molar-refractivity contribution in [2.75, 3.05) is 12.9 Å². The molecule has 1 amide bonds. The molecule has 1 unspecified atom stereocenters. The summed E-state index contributed by atoms with van der Waals surface area (Å²) in [5, 5.41) is 0. The molecule has 0 bridgehead atoms. The van der Waals surface area contributed by atoms with Crippen molar-refractivity contribution >= 4 is 15.9 Å². The minimum Gasteiger partial charge on any atom is -0.491 e. The molecule has 1 heterocycles. The van der Waals surface area contributed by atoms with Crippen LogP contribution in [0.1, 0.15) is 44.7 Å². The van der Waals surface area contributed by atoms with Crippen LogP contribution >= 0.6 is 0 Å². The lowest BCUT2D eigenvalue weighted by Crippen LogP contribution is -2.41. The second-order valence-corrected chi connectivity index (χ2v) is 9.70. The molecule has 1 saturated carbocycles. The Labute approximate surface area is 156 Å². The first-order valence-corrected chi connectivity index (χ1v) is 11.0. The van der Waals surface area contributed by atoms with E-state index in [4.69, 9.17) is 4.74 Å². The molecule has 1 aromatic rings. The van der Waals surface area contributed by atoms with Gasteiger partial charge in [-0.2, -0.15) is 4.31 Å². The Balaban J connectivity index is 1.85. The Bertz CT molecular complexity index is 787. The number of carbonyl (C=O) groups excluding carboxylic acids is 1. The van der Waals surface area contributed by atoms with Crippen molar-refractivity contribution in [1.82, 2.24) is 9.21 Å². The van der Waals surface area contributed by atoms with Gasteiger partial charge in [0.25, 0.3) is 0 Å². The van der Waals surface area contributed by atoms with E-state index in [-0.39, 0.29) is 23.9 Å². The molecule has 6 nitrogen and oxygen atoms in total. The van der Waals surface area contributed by atoms with Crippen molar-refractivity contribution in [2.24, 2.45) is 5.92 Å². The normalized spacial score (nSPS) is 20.7. The molecule has 0 spiro atoms. The Kier molecular flexibility index (Phi) is 5.30. The van der Waals surface area contributed by atoms with Crippen molar-refractivity contribution in [2.45, 2.75) is 58.8 Å². The zero-order valence-electron chi connectivity index (χ0n) is 15.9. The summed E-state index contributed by atoms with van der Waals surface area (Å²) in [6, 6.07) is 5.92. The van der Waals surface area contributed by atoms with Crippen molar-refractivity contribution in [3.63, 3.8) is 0 Å². The zero-order chi connectivity index (χ0) is 19.1. The van der Waals surface area contributed by atoms with Gasteiger partial charge in [-0.15, -0.1) is 0 Å². The number of rotatable bonds is 5. The molecule has 26 heavy (non-hydrogen) atoms. The fraction of sp³-hybridized carbons (Fsp3) is 0.632. The average Bonchev–Trinajstić information content (AvgIpc) is 3.39. The standard InChI is InChI=1S/C19H28N2O4S/c1-13(2)19(22)20-11-16-9-15(5-8-18(16)25-12-14(20)3)10-21(17-6-7-17)26(4,23)24/h5,8-9,13-14,17H,6-7,10-12H2,1-4H3. The molecule has 1 aliphatic heterocycles. The van der Waals surface area contributed by atoms with Crippen LogP contribution in [0.2, 0.25) is 0 Å². The van der Waals surface area contributed by atoms with Gasteiger partial charge in [-0.3, -0.25) is 4.79 Å². The van der Waals surface area contributed by atoms with Gasteiger partial charge in [-0.05, 0) is 37.5 Å². The van der Waals surface area contributed by atoms with Crippen LogP contribution in [0.15, 0.2) is 18.2 Å². The monoisotopic (exact) mass is 380 g/mol. The van der Waals surface area contributed by atoms with Crippen LogP contribution in [-0.2, 0) is 27.9 Å². The van der Waals surface area contributed by atoms with E-state index in [9.17, 15) is 13.2 Å². The summed E-state index contributed by atoms with van der Waals surface area (Å²) in [5.74, 6) is 0.810. The Morgan fingerprint density at radius 2 is 2.04 bits per heavy atom. The van der Waals surface area contributed by atoms with Crippen LogP contribution in [0.5, 0.6) is 5.75 Å². The van der Waals surface area contributed by atoms with Gasteiger partial charge in [0, 0.05) is 30.6 Å². The predicted octanol–water partition coefficient (Wildman–Crippen LogP) is 2.38. The number of benzene rings is 1. The summed E-state index contributed by atoms with van der Waals surface area (Å²) in [6.45, 7) is 7.11. The van der Waals surface area contributed by atoms with Crippen LogP contribution in [0, 0.1) is 5.92 Å². The number of nitrogens with zero attached hydrogens (tertiary/aromatic N) is 2. The molecule has 144 valence electrons. The molecule has 7 heteroatoms. The third kappa shape index (κ3) is 4.20. The van der Waals surface area contributed by atoms with Gasteiger partial charge < -0.3 is 9.64 Å². The topological polar surface area (TPSA) is 66.9 Å². The number of sulfonamides is 1. The summed E-state index contributed by atoms with van der Waals surface area (Å²) in [7, 11) is -3.24. The van der Waals surface area contributed by atoms with Gasteiger partial charge >= 0.3 is 0 Å². The van der Waals surface area contributed by atoms with Crippen LogP contribution in [0.25, 0.3) is 0 Å². The first kappa shape index (κ1) is 19.2. The van der Waals surface area contributed by atoms with Crippen molar-refractivity contribution < 1.29 is 17.9 Å². The Hall–Kier alpha value is -1.60. The quantitative estimate of drug-likeness (QED) is 0.787. The van der Waals surface area contributed by atoms with Crippen molar-refractivity contribution in [1.29, 1.82) is 0 Å². The third-order valence-corrected chi connectivity index (χ3v) is 6.25. The van der Waals surface area contributed by atoms with E-state index in [2.05, 4.69) is 0 Å². The second-order valence-electron chi connectivity index (χ2n) is 7.76. The lowest BCUT2D eigenvalue weighted by molar-refractivity contribution is -0.137. The molecule has 2 aliphatic rings. The van der Waals surface area contributed by atoms with E-state index in [1.807, 2.05) is 43.9 Å². The highest BCUT2D eigenvalue weighted by Crippen LogP contribution is 2.32. The van der Waals surface area contributed by atoms with E-state index in [0.29, 0.717) is 19.7 Å². The van der Waals surface area contributed by atoms with Gasteiger partial charge in [0.05, 0.1) is 12.3 Å². The number of fused-ring (bicyclic) bond motifs is 1. The zero-order valence-corrected chi connectivity index (χ0v) is 16.8. The predicted molar refractivity (Wildman–Crippen MR) is 100 cm³/mol. The maximum Gasteiger partial charge on any atom is 0.225 e. The molecular weight excluding hydrogens is 352 g/mol. The SMILES string of the molecule is CC(C)C(=O)N1Cc2cc(CN(C3CC3)S(C)(=O)=O)ccc2OCC1C. The van der Waals surface area contributed by atoms with E-state index < -0.39 is 10.0 Å². The first-order valence-electron chi connectivity index (χ1n) is 9.18.